The second-order valence-corrected chi connectivity index (χ2v) is 8.97. The third kappa shape index (κ3) is 2.67. The van der Waals surface area contributed by atoms with Gasteiger partial charge in [0, 0.05) is 13.1 Å². The molecular weight excluding hydrogens is 258 g/mol. The molecule has 4 bridgehead atoms. The number of piperidine rings is 1. The minimum Gasteiger partial charge on any atom is -0.391 e. The SMILES string of the molecule is CCC1CCCN(CC(O)C23CC4CC(CC(C4)C2)C3)C1. The third-order valence-electron chi connectivity index (χ3n) is 7.40. The molecule has 4 saturated carbocycles. The van der Waals surface area contributed by atoms with E-state index in [2.05, 4.69) is 11.8 Å². The second-order valence-electron chi connectivity index (χ2n) is 8.97. The van der Waals surface area contributed by atoms with E-state index in [-0.39, 0.29) is 6.10 Å². The summed E-state index contributed by atoms with van der Waals surface area (Å²) in [5, 5.41) is 11.1. The topological polar surface area (TPSA) is 23.5 Å². The molecule has 0 radical (unpaired) electrons. The van der Waals surface area contributed by atoms with Crippen LogP contribution in [0.1, 0.15) is 64.7 Å². The van der Waals surface area contributed by atoms with Crippen molar-refractivity contribution < 1.29 is 5.11 Å². The quantitative estimate of drug-likeness (QED) is 0.854. The Kier molecular flexibility index (Phi) is 3.82. The van der Waals surface area contributed by atoms with E-state index in [4.69, 9.17) is 0 Å². The molecule has 1 aliphatic heterocycles. The minimum absolute atomic E-state index is 0.0542. The zero-order valence-corrected chi connectivity index (χ0v) is 13.8. The Morgan fingerprint density at radius 1 is 1.10 bits per heavy atom. The molecular formula is C19H33NO. The average Bonchev–Trinajstić information content (AvgIpc) is 2.46. The normalized spacial score (nSPS) is 47.7. The number of β-amino-alcohol motifs (C(OH)–C–C–N with tert-alkyl or cyclic N) is 1. The standard InChI is InChI=1S/C19H33NO/c1-2-14-4-3-5-20(12-14)13-18(21)19-9-15-6-16(10-19)8-17(7-15)11-19/h14-18,21H,2-13H2,1H3. The fourth-order valence-electron chi connectivity index (χ4n) is 6.67. The van der Waals surface area contributed by atoms with E-state index in [1.54, 1.807) is 0 Å². The van der Waals surface area contributed by atoms with E-state index in [0.29, 0.717) is 5.41 Å². The number of hydrogen-bond donors (Lipinski definition) is 1. The smallest absolute Gasteiger partial charge is 0.0723 e. The van der Waals surface area contributed by atoms with Crippen molar-refractivity contribution in [2.75, 3.05) is 19.6 Å². The predicted octanol–water partition coefficient (Wildman–Crippen LogP) is 3.69. The number of likely N-dealkylation sites (tertiary alicyclic amines) is 1. The first-order valence-electron chi connectivity index (χ1n) is 9.57. The van der Waals surface area contributed by atoms with Crippen molar-refractivity contribution in [3.8, 4) is 0 Å². The van der Waals surface area contributed by atoms with Crippen LogP contribution < -0.4 is 0 Å². The maximum absolute atomic E-state index is 11.1. The summed E-state index contributed by atoms with van der Waals surface area (Å²) < 4.78 is 0. The van der Waals surface area contributed by atoms with Gasteiger partial charge in [0.15, 0.2) is 0 Å². The summed E-state index contributed by atoms with van der Waals surface area (Å²) in [5.74, 6) is 3.74. The van der Waals surface area contributed by atoms with Crippen molar-refractivity contribution in [2.45, 2.75) is 70.8 Å². The van der Waals surface area contributed by atoms with Crippen molar-refractivity contribution in [1.82, 2.24) is 4.90 Å². The van der Waals surface area contributed by atoms with Crippen LogP contribution in [0, 0.1) is 29.1 Å². The molecule has 5 rings (SSSR count). The molecule has 0 spiro atoms. The van der Waals surface area contributed by atoms with Gasteiger partial charge in [-0.2, -0.15) is 0 Å². The van der Waals surface area contributed by atoms with Crippen LogP contribution in [0.5, 0.6) is 0 Å². The maximum atomic E-state index is 11.1. The van der Waals surface area contributed by atoms with Crippen LogP contribution in [0.2, 0.25) is 0 Å². The zero-order chi connectivity index (χ0) is 14.4. The second kappa shape index (κ2) is 5.53. The van der Waals surface area contributed by atoms with Crippen LogP contribution in [0.4, 0.5) is 0 Å². The molecule has 5 aliphatic rings. The molecule has 2 unspecified atom stereocenters. The number of nitrogens with zero attached hydrogens (tertiary/aromatic N) is 1. The highest BCUT2D eigenvalue weighted by Gasteiger charge is 2.54. The van der Waals surface area contributed by atoms with Gasteiger partial charge in [0.2, 0.25) is 0 Å². The van der Waals surface area contributed by atoms with Crippen LogP contribution >= 0.6 is 0 Å². The molecule has 0 aromatic rings. The Balaban J connectivity index is 1.41. The molecule has 120 valence electrons. The first-order valence-corrected chi connectivity index (χ1v) is 9.57. The lowest BCUT2D eigenvalue weighted by atomic mass is 9.48. The van der Waals surface area contributed by atoms with Gasteiger partial charge in [-0.3, -0.25) is 0 Å². The molecule has 21 heavy (non-hydrogen) atoms. The molecule has 2 atom stereocenters. The fourth-order valence-corrected chi connectivity index (χ4v) is 6.67. The van der Waals surface area contributed by atoms with Crippen LogP contribution in [0.25, 0.3) is 0 Å². The van der Waals surface area contributed by atoms with E-state index in [0.717, 1.165) is 30.2 Å². The maximum Gasteiger partial charge on any atom is 0.0723 e. The van der Waals surface area contributed by atoms with Crippen molar-refractivity contribution in [1.29, 1.82) is 0 Å². The van der Waals surface area contributed by atoms with Gasteiger partial charge in [-0.25, -0.2) is 0 Å². The molecule has 1 N–H and O–H groups in total. The fraction of sp³-hybridized carbons (Fsp3) is 1.00. The van der Waals surface area contributed by atoms with Gasteiger partial charge < -0.3 is 10.0 Å². The van der Waals surface area contributed by atoms with Crippen molar-refractivity contribution in [3.05, 3.63) is 0 Å². The number of rotatable bonds is 4. The monoisotopic (exact) mass is 291 g/mol. The largest absolute Gasteiger partial charge is 0.391 e. The molecule has 0 aromatic heterocycles. The Morgan fingerprint density at radius 2 is 1.71 bits per heavy atom. The molecule has 4 aliphatic carbocycles. The summed E-state index contributed by atoms with van der Waals surface area (Å²) in [7, 11) is 0. The molecule has 0 aromatic carbocycles. The van der Waals surface area contributed by atoms with Gasteiger partial charge in [0.1, 0.15) is 0 Å². The summed E-state index contributed by atoms with van der Waals surface area (Å²) in [5.41, 5.74) is 0.313. The highest BCUT2D eigenvalue weighted by Crippen LogP contribution is 2.61. The Labute approximate surface area is 130 Å². The van der Waals surface area contributed by atoms with E-state index in [1.165, 1.54) is 70.9 Å². The van der Waals surface area contributed by atoms with Gasteiger partial charge in [-0.05, 0) is 87.0 Å². The highest BCUT2D eigenvalue weighted by molar-refractivity contribution is 5.04. The van der Waals surface area contributed by atoms with Crippen LogP contribution in [0.15, 0.2) is 0 Å². The summed E-state index contributed by atoms with van der Waals surface area (Å²) in [6.07, 6.45) is 12.5. The molecule has 2 nitrogen and oxygen atoms in total. The molecule has 1 saturated heterocycles. The summed E-state index contributed by atoms with van der Waals surface area (Å²) in [6.45, 7) is 5.74. The highest BCUT2D eigenvalue weighted by atomic mass is 16.3. The summed E-state index contributed by atoms with van der Waals surface area (Å²) in [4.78, 5) is 2.58. The van der Waals surface area contributed by atoms with Crippen LogP contribution in [0.3, 0.4) is 0 Å². The minimum atomic E-state index is -0.0542. The van der Waals surface area contributed by atoms with Crippen molar-refractivity contribution in [3.63, 3.8) is 0 Å². The van der Waals surface area contributed by atoms with E-state index in [1.807, 2.05) is 0 Å². The molecule has 1 heterocycles. The van der Waals surface area contributed by atoms with Gasteiger partial charge >= 0.3 is 0 Å². The predicted molar refractivity (Wildman–Crippen MR) is 86.1 cm³/mol. The lowest BCUT2D eigenvalue weighted by Gasteiger charge is -2.59. The van der Waals surface area contributed by atoms with Crippen LogP contribution in [-0.4, -0.2) is 35.7 Å². The summed E-state index contributed by atoms with van der Waals surface area (Å²) >= 11 is 0. The lowest BCUT2D eigenvalue weighted by Crippen LogP contribution is -2.55. The van der Waals surface area contributed by atoms with E-state index in [9.17, 15) is 5.11 Å². The number of aliphatic hydroxyl groups is 1. The van der Waals surface area contributed by atoms with Gasteiger partial charge in [0.25, 0.3) is 0 Å². The lowest BCUT2D eigenvalue weighted by molar-refractivity contribution is -0.128. The Bertz CT molecular complexity index is 344. The number of hydrogen-bond acceptors (Lipinski definition) is 2. The molecule has 5 fully saturated rings. The Hall–Kier alpha value is -0.0800. The van der Waals surface area contributed by atoms with Crippen LogP contribution in [-0.2, 0) is 0 Å². The van der Waals surface area contributed by atoms with E-state index < -0.39 is 0 Å². The van der Waals surface area contributed by atoms with Gasteiger partial charge in [-0.1, -0.05) is 13.3 Å². The average molecular weight is 291 g/mol. The zero-order valence-electron chi connectivity index (χ0n) is 13.8. The van der Waals surface area contributed by atoms with Crippen molar-refractivity contribution in [2.24, 2.45) is 29.1 Å². The first-order chi connectivity index (χ1) is 10.2. The van der Waals surface area contributed by atoms with Crippen molar-refractivity contribution >= 4 is 0 Å². The first kappa shape index (κ1) is 14.5. The summed E-state index contributed by atoms with van der Waals surface area (Å²) in [6, 6.07) is 0. The van der Waals surface area contributed by atoms with Gasteiger partial charge in [0.05, 0.1) is 6.10 Å². The van der Waals surface area contributed by atoms with Gasteiger partial charge in [-0.15, -0.1) is 0 Å². The Morgan fingerprint density at radius 3 is 2.29 bits per heavy atom. The molecule has 2 heteroatoms. The number of aliphatic hydroxyl groups excluding tert-OH is 1. The van der Waals surface area contributed by atoms with E-state index >= 15 is 0 Å². The molecule has 0 amide bonds. The third-order valence-corrected chi connectivity index (χ3v) is 7.40.